The summed E-state index contributed by atoms with van der Waals surface area (Å²) in [4.78, 5) is 16.0. The van der Waals surface area contributed by atoms with Crippen LogP contribution in [0.25, 0.3) is 0 Å². The number of hydrogen-bond donors (Lipinski definition) is 7. The van der Waals surface area contributed by atoms with E-state index in [4.69, 9.17) is 19.9 Å². The van der Waals surface area contributed by atoms with Crippen LogP contribution in [-0.2, 0) is 17.8 Å². The average Bonchev–Trinajstić information content (AvgIpc) is 3.42. The second kappa shape index (κ2) is 16.0. The van der Waals surface area contributed by atoms with Crippen molar-refractivity contribution in [1.29, 1.82) is 0 Å². The van der Waals surface area contributed by atoms with Crippen LogP contribution in [0.5, 0.6) is 11.6 Å². The number of hydrogen-bond acceptors (Lipinski definition) is 11. The number of ether oxygens (including phenoxy) is 3. The number of benzene rings is 2. The van der Waals surface area contributed by atoms with Crippen LogP contribution in [0.1, 0.15) is 47.7 Å². The summed E-state index contributed by atoms with van der Waals surface area (Å²) in [5.41, 5.74) is 9.33. The molecule has 1 aliphatic heterocycles. The zero-order valence-electron chi connectivity index (χ0n) is 25.4. The summed E-state index contributed by atoms with van der Waals surface area (Å²) in [6, 6.07) is 15.0. The van der Waals surface area contributed by atoms with Crippen LogP contribution < -0.4 is 20.5 Å². The van der Waals surface area contributed by atoms with Crippen molar-refractivity contribution >= 4 is 23.8 Å². The van der Waals surface area contributed by atoms with Crippen molar-refractivity contribution in [3.05, 3.63) is 76.5 Å². The Bertz CT molecular complexity index is 1430. The predicted octanol–water partition coefficient (Wildman–Crippen LogP) is 1.95. The Kier molecular flexibility index (Phi) is 12.1. The minimum Gasteiger partial charge on any atom is -0.492 e. The molecule has 14 heteroatoms. The van der Waals surface area contributed by atoms with E-state index in [9.17, 15) is 25.2 Å². The average molecular weight is 644 g/mol. The monoisotopic (exact) mass is 643 g/mol. The Morgan fingerprint density at radius 3 is 2.58 bits per heavy atom. The fourth-order valence-corrected chi connectivity index (χ4v) is 5.98. The molecule has 0 saturated carbocycles. The number of H-pyrrole nitrogens is 1. The molecule has 1 amide bonds. The van der Waals surface area contributed by atoms with Crippen LogP contribution in [0.15, 0.2) is 53.5 Å². The maximum absolute atomic E-state index is 11.9. The van der Waals surface area contributed by atoms with Crippen molar-refractivity contribution in [2.75, 3.05) is 19.8 Å². The number of carbonyl (C=O) groups is 1. The molecule has 1 fully saturated rings. The topological polar surface area (TPSA) is 205 Å². The minimum absolute atomic E-state index is 0.0704. The first-order chi connectivity index (χ1) is 21.6. The van der Waals surface area contributed by atoms with Gasteiger partial charge in [0.25, 0.3) is 0 Å². The highest BCUT2D eigenvalue weighted by molar-refractivity contribution is 8.00. The normalized spacial score (nSPS) is 21.9. The van der Waals surface area contributed by atoms with Crippen LogP contribution in [0.2, 0.25) is 0 Å². The van der Waals surface area contributed by atoms with Crippen molar-refractivity contribution in [3.8, 4) is 11.6 Å². The molecule has 4 rings (SSSR count). The van der Waals surface area contributed by atoms with Gasteiger partial charge >= 0.3 is 6.09 Å². The Labute approximate surface area is 265 Å². The van der Waals surface area contributed by atoms with E-state index in [-0.39, 0.29) is 44.1 Å². The van der Waals surface area contributed by atoms with E-state index < -0.39 is 35.1 Å². The molecule has 2 aromatic carbocycles. The molecular formula is C31H41N5O8S. The fraction of sp³-hybridized carbons (Fsp3) is 0.452. The number of aryl methyl sites for hydroxylation is 1. The number of rotatable bonds is 12. The molecule has 244 valence electrons. The van der Waals surface area contributed by atoms with Crippen molar-refractivity contribution in [2.24, 2.45) is 10.7 Å². The highest BCUT2D eigenvalue weighted by atomic mass is 32.2. The van der Waals surface area contributed by atoms with Crippen molar-refractivity contribution < 1.29 is 39.4 Å². The van der Waals surface area contributed by atoms with Gasteiger partial charge in [-0.25, -0.2) is 9.79 Å². The van der Waals surface area contributed by atoms with Gasteiger partial charge in [-0.2, -0.15) is 0 Å². The predicted molar refractivity (Wildman–Crippen MR) is 169 cm³/mol. The van der Waals surface area contributed by atoms with Gasteiger partial charge in [-0.05, 0) is 41.7 Å². The van der Waals surface area contributed by atoms with Crippen molar-refractivity contribution in [3.63, 3.8) is 0 Å². The lowest BCUT2D eigenvalue weighted by atomic mass is 9.97. The van der Waals surface area contributed by atoms with E-state index in [1.54, 1.807) is 0 Å². The number of thioether (sulfide) groups is 1. The van der Waals surface area contributed by atoms with Crippen LogP contribution in [0.4, 0.5) is 4.79 Å². The molecule has 1 saturated heterocycles. The van der Waals surface area contributed by atoms with Crippen LogP contribution in [-0.4, -0.2) is 91.4 Å². The van der Waals surface area contributed by atoms with E-state index in [1.165, 1.54) is 0 Å². The third-order valence-corrected chi connectivity index (χ3v) is 8.70. The van der Waals surface area contributed by atoms with E-state index in [0.717, 1.165) is 39.7 Å². The lowest BCUT2D eigenvalue weighted by molar-refractivity contribution is -0.0915. The van der Waals surface area contributed by atoms with Gasteiger partial charge in [0.15, 0.2) is 11.4 Å². The first-order valence-electron chi connectivity index (χ1n) is 14.6. The highest BCUT2D eigenvalue weighted by Crippen LogP contribution is 2.37. The maximum Gasteiger partial charge on any atom is 0.414 e. The highest BCUT2D eigenvalue weighted by Gasteiger charge is 2.45. The third kappa shape index (κ3) is 9.11. The van der Waals surface area contributed by atoms with Crippen LogP contribution >= 0.6 is 11.8 Å². The number of aliphatic hydroxyl groups excluding tert-OH is 4. The van der Waals surface area contributed by atoms with Gasteiger partial charge in [0, 0.05) is 17.7 Å². The molecule has 45 heavy (non-hydrogen) atoms. The minimum atomic E-state index is -1.46. The van der Waals surface area contributed by atoms with E-state index in [1.807, 2.05) is 69.3 Å². The molecule has 13 nitrogen and oxygen atoms in total. The van der Waals surface area contributed by atoms with E-state index >= 15 is 0 Å². The fourth-order valence-electron chi connectivity index (χ4n) is 4.76. The van der Waals surface area contributed by atoms with Crippen molar-refractivity contribution in [2.45, 2.75) is 68.7 Å². The summed E-state index contributed by atoms with van der Waals surface area (Å²) < 4.78 is 17.0. The van der Waals surface area contributed by atoms with E-state index in [2.05, 4.69) is 20.5 Å². The van der Waals surface area contributed by atoms with Crippen LogP contribution in [0, 0.1) is 6.92 Å². The largest absolute Gasteiger partial charge is 0.492 e. The number of guanidine groups is 1. The molecule has 0 aliphatic carbocycles. The summed E-state index contributed by atoms with van der Waals surface area (Å²) in [5.74, 6) is 0.946. The molecule has 8 N–H and O–H groups in total. The van der Waals surface area contributed by atoms with Crippen molar-refractivity contribution in [1.82, 2.24) is 15.5 Å². The zero-order chi connectivity index (χ0) is 32.5. The Hall–Kier alpha value is -3.82. The number of amides is 1. The zero-order valence-corrected chi connectivity index (χ0v) is 26.2. The van der Waals surface area contributed by atoms with Gasteiger partial charge < -0.3 is 40.4 Å². The first-order valence-corrected chi connectivity index (χ1v) is 15.6. The van der Waals surface area contributed by atoms with Gasteiger partial charge in [0.05, 0.1) is 24.5 Å². The number of nitrogens with zero attached hydrogens (tertiary/aromatic N) is 2. The SMILES string of the molecule is Cc1cc(OCCN=C(N)NC(=O)OCc2ccccc2)ccc1Cc1c(O[C@@H]2S[C@H](CO)[C@@H](O)C(O)[C@H]2O)n[nH]c1C(C)C. The number of nitrogens with two attached hydrogens (primary N) is 1. The molecular weight excluding hydrogens is 602 g/mol. The van der Waals surface area contributed by atoms with Gasteiger partial charge in [-0.1, -0.05) is 50.2 Å². The summed E-state index contributed by atoms with van der Waals surface area (Å²) in [5, 5.41) is 49.6. The molecule has 1 unspecified atom stereocenters. The number of carbonyl (C=O) groups excluding carboxylic acids is 1. The molecule has 3 aromatic rings. The van der Waals surface area contributed by atoms with Crippen LogP contribution in [0.3, 0.4) is 0 Å². The van der Waals surface area contributed by atoms with Gasteiger partial charge in [-0.15, -0.1) is 16.9 Å². The van der Waals surface area contributed by atoms with Gasteiger partial charge in [-0.3, -0.25) is 10.4 Å². The Balaban J connectivity index is 1.33. The standard InChI is InChI=1S/C31H41N5O8S/c1-17(2)24-22(28(36-35-24)44-29-27(40)26(39)25(38)23(15-37)45-29)14-20-9-10-21(13-18(20)3)42-12-11-33-30(32)34-31(41)43-16-19-7-5-4-6-8-19/h4-10,13,17,23,25-27,29,37-40H,11-12,14-16H2,1-3H3,(H,35,36)(H3,32,33,34,41)/t23-,25-,26?,27-,29-/m1/s1. The molecule has 1 aromatic heterocycles. The number of nitrogens with one attached hydrogen (secondary N) is 2. The summed E-state index contributed by atoms with van der Waals surface area (Å²) in [6.07, 6.45) is -4.34. The summed E-state index contributed by atoms with van der Waals surface area (Å²) >= 11 is 1.05. The third-order valence-electron chi connectivity index (χ3n) is 7.28. The molecule has 0 spiro atoms. The van der Waals surface area contributed by atoms with Gasteiger partial charge in [0.2, 0.25) is 5.88 Å². The smallest absolute Gasteiger partial charge is 0.414 e. The number of aliphatic imine (C=N–C) groups is 1. The molecule has 0 radical (unpaired) electrons. The summed E-state index contributed by atoms with van der Waals surface area (Å²) in [7, 11) is 0. The quantitative estimate of drug-likeness (QED) is 0.0863. The second-order valence-corrected chi connectivity index (χ2v) is 12.3. The Morgan fingerprint density at radius 2 is 1.89 bits per heavy atom. The van der Waals surface area contributed by atoms with Gasteiger partial charge in [0.1, 0.15) is 31.2 Å². The lowest BCUT2D eigenvalue weighted by Gasteiger charge is -2.38. The molecule has 5 atom stereocenters. The summed E-state index contributed by atoms with van der Waals surface area (Å²) in [6.45, 7) is 6.19. The lowest BCUT2D eigenvalue weighted by Crippen LogP contribution is -2.55. The number of alkyl carbamates (subject to hydrolysis) is 1. The second-order valence-electron chi connectivity index (χ2n) is 11.0. The Morgan fingerprint density at radius 1 is 1.13 bits per heavy atom. The van der Waals surface area contributed by atoms with E-state index in [0.29, 0.717) is 12.2 Å². The number of aromatic nitrogens is 2. The molecule has 2 heterocycles. The molecule has 1 aliphatic rings. The number of aliphatic hydroxyl groups is 4. The number of aromatic amines is 1. The molecule has 0 bridgehead atoms. The first kappa shape index (κ1) is 34.1. The maximum atomic E-state index is 11.9.